The van der Waals surface area contributed by atoms with Crippen molar-refractivity contribution in [1.82, 2.24) is 10.2 Å². The van der Waals surface area contributed by atoms with Crippen molar-refractivity contribution >= 4 is 5.91 Å². The van der Waals surface area contributed by atoms with Crippen molar-refractivity contribution in [2.24, 2.45) is 0 Å². The van der Waals surface area contributed by atoms with Crippen LogP contribution in [0.1, 0.15) is 12.8 Å². The molecule has 2 rings (SSSR count). The van der Waals surface area contributed by atoms with Crippen LogP contribution >= 0.6 is 0 Å². The molecule has 1 saturated heterocycles. The molecule has 1 unspecified atom stereocenters. The number of hydrogen-bond donors (Lipinski definition) is 1. The van der Waals surface area contributed by atoms with Crippen LogP contribution in [0.2, 0.25) is 0 Å². The van der Waals surface area contributed by atoms with Gasteiger partial charge in [0.2, 0.25) is 0 Å². The lowest BCUT2D eigenvalue weighted by Crippen LogP contribution is -2.46. The monoisotopic (exact) mass is 262 g/mol. The van der Waals surface area contributed by atoms with Crippen molar-refractivity contribution in [1.29, 1.82) is 0 Å². The Labute approximate surface area is 114 Å². The molecule has 0 saturated carbocycles. The van der Waals surface area contributed by atoms with Crippen molar-refractivity contribution in [2.45, 2.75) is 18.9 Å². The third-order valence-corrected chi connectivity index (χ3v) is 3.65. The zero-order chi connectivity index (χ0) is 13.7. The van der Waals surface area contributed by atoms with Crippen molar-refractivity contribution < 1.29 is 9.53 Å². The van der Waals surface area contributed by atoms with Crippen LogP contribution in [0.25, 0.3) is 0 Å². The highest BCUT2D eigenvalue weighted by atomic mass is 16.5. The molecule has 0 aromatic rings. The van der Waals surface area contributed by atoms with Gasteiger partial charge in [-0.1, -0.05) is 25.3 Å². The fourth-order valence-corrected chi connectivity index (χ4v) is 2.50. The fourth-order valence-electron chi connectivity index (χ4n) is 2.50. The second kappa shape index (κ2) is 6.68. The first-order chi connectivity index (χ1) is 9.26. The number of ether oxygens (including phenoxy) is 1. The minimum absolute atomic E-state index is 0.0804. The Bertz CT molecular complexity index is 393. The number of nitrogens with zero attached hydrogens (tertiary/aromatic N) is 1. The van der Waals surface area contributed by atoms with Crippen molar-refractivity contribution in [3.8, 4) is 0 Å². The van der Waals surface area contributed by atoms with Gasteiger partial charge in [-0.2, -0.15) is 0 Å². The Hall–Kier alpha value is -1.39. The summed E-state index contributed by atoms with van der Waals surface area (Å²) in [5.41, 5.74) is 2.29. The molecule has 2 aliphatic heterocycles. The Balaban J connectivity index is 2.02. The molecule has 0 aliphatic carbocycles. The zero-order valence-corrected chi connectivity index (χ0v) is 11.4. The number of nitrogens with one attached hydrogen (secondary N) is 1. The van der Waals surface area contributed by atoms with Gasteiger partial charge in [0, 0.05) is 26.2 Å². The van der Waals surface area contributed by atoms with Crippen molar-refractivity contribution in [3.63, 3.8) is 0 Å². The van der Waals surface area contributed by atoms with Gasteiger partial charge in [0.25, 0.3) is 5.91 Å². The summed E-state index contributed by atoms with van der Waals surface area (Å²) in [6.07, 6.45) is 5.14. The molecule has 104 valence electrons. The van der Waals surface area contributed by atoms with Crippen molar-refractivity contribution in [2.75, 3.05) is 32.8 Å². The predicted octanol–water partition coefficient (Wildman–Crippen LogP) is 1.27. The Morgan fingerprint density at radius 1 is 1.37 bits per heavy atom. The van der Waals surface area contributed by atoms with E-state index in [0.717, 1.165) is 31.5 Å². The first-order valence-corrected chi connectivity index (χ1v) is 6.84. The lowest BCUT2D eigenvalue weighted by atomic mass is 9.99. The highest BCUT2D eigenvalue weighted by Gasteiger charge is 2.28. The number of rotatable bonds is 3. The van der Waals surface area contributed by atoms with Crippen LogP contribution in [0, 0.1) is 0 Å². The summed E-state index contributed by atoms with van der Waals surface area (Å²) >= 11 is 0. The SMILES string of the molecule is C=CC1=C(C=C)CN(C(=O)C2CNCCCO2)CC1. The standard InChI is InChI=1S/C15H22N2O2/c1-3-12-6-8-17(11-13(12)4-2)15(18)14-10-16-7-5-9-19-14/h3-4,14,16H,1-2,5-11H2. The molecule has 0 bridgehead atoms. The van der Waals surface area contributed by atoms with Crippen LogP contribution in [0.4, 0.5) is 0 Å². The molecule has 1 N–H and O–H groups in total. The highest BCUT2D eigenvalue weighted by molar-refractivity contribution is 5.82. The molecule has 4 heteroatoms. The maximum absolute atomic E-state index is 12.4. The van der Waals surface area contributed by atoms with E-state index in [2.05, 4.69) is 18.5 Å². The molecule has 4 nitrogen and oxygen atoms in total. The van der Waals surface area contributed by atoms with E-state index in [1.165, 1.54) is 5.57 Å². The molecular weight excluding hydrogens is 240 g/mol. The lowest BCUT2D eigenvalue weighted by molar-refractivity contribution is -0.142. The molecule has 0 aromatic carbocycles. The van der Waals surface area contributed by atoms with Gasteiger partial charge in [0.1, 0.15) is 6.10 Å². The van der Waals surface area contributed by atoms with Crippen LogP contribution in [0.5, 0.6) is 0 Å². The quantitative estimate of drug-likeness (QED) is 0.832. The number of carbonyl (C=O) groups is 1. The third-order valence-electron chi connectivity index (χ3n) is 3.65. The molecule has 0 radical (unpaired) electrons. The second-order valence-corrected chi connectivity index (χ2v) is 4.89. The van der Waals surface area contributed by atoms with Crippen LogP contribution in [-0.2, 0) is 9.53 Å². The number of allylic oxidation sites excluding steroid dienone is 1. The molecular formula is C15H22N2O2. The second-order valence-electron chi connectivity index (χ2n) is 4.89. The largest absolute Gasteiger partial charge is 0.367 e. The van der Waals surface area contributed by atoms with E-state index in [9.17, 15) is 4.79 Å². The van der Waals surface area contributed by atoms with Gasteiger partial charge in [0.05, 0.1) is 0 Å². The minimum Gasteiger partial charge on any atom is -0.367 e. The number of amides is 1. The van der Waals surface area contributed by atoms with E-state index in [-0.39, 0.29) is 12.0 Å². The van der Waals surface area contributed by atoms with Gasteiger partial charge in [-0.05, 0) is 30.5 Å². The van der Waals surface area contributed by atoms with E-state index in [1.54, 1.807) is 0 Å². The van der Waals surface area contributed by atoms with Gasteiger partial charge < -0.3 is 15.0 Å². The topological polar surface area (TPSA) is 41.6 Å². The summed E-state index contributed by atoms with van der Waals surface area (Å²) in [6.45, 7) is 11.2. The predicted molar refractivity (Wildman–Crippen MR) is 75.8 cm³/mol. The Morgan fingerprint density at radius 2 is 2.16 bits per heavy atom. The Kier molecular flexibility index (Phi) is 4.93. The van der Waals surface area contributed by atoms with Crippen molar-refractivity contribution in [3.05, 3.63) is 36.5 Å². The fraction of sp³-hybridized carbons (Fsp3) is 0.533. The van der Waals surface area contributed by atoms with Gasteiger partial charge in [-0.25, -0.2) is 0 Å². The molecule has 1 fully saturated rings. The normalized spacial score (nSPS) is 24.8. The maximum Gasteiger partial charge on any atom is 0.253 e. The van der Waals surface area contributed by atoms with Gasteiger partial charge in [-0.15, -0.1) is 0 Å². The van der Waals surface area contributed by atoms with E-state index in [0.29, 0.717) is 19.7 Å². The van der Waals surface area contributed by atoms with Crippen LogP contribution < -0.4 is 5.32 Å². The van der Waals surface area contributed by atoms with E-state index in [1.807, 2.05) is 17.1 Å². The zero-order valence-electron chi connectivity index (χ0n) is 11.4. The summed E-state index contributed by atoms with van der Waals surface area (Å²) in [6, 6.07) is 0. The maximum atomic E-state index is 12.4. The molecule has 1 amide bonds. The van der Waals surface area contributed by atoms with Gasteiger partial charge in [0.15, 0.2) is 0 Å². The summed E-state index contributed by atoms with van der Waals surface area (Å²) in [4.78, 5) is 14.3. The summed E-state index contributed by atoms with van der Waals surface area (Å²) in [5.74, 6) is 0.0804. The first kappa shape index (κ1) is 14.0. The molecule has 2 aliphatic rings. The lowest BCUT2D eigenvalue weighted by Gasteiger charge is -2.31. The smallest absolute Gasteiger partial charge is 0.253 e. The Morgan fingerprint density at radius 3 is 2.89 bits per heavy atom. The van der Waals surface area contributed by atoms with Gasteiger partial charge in [-0.3, -0.25) is 4.79 Å². The molecule has 0 aromatic heterocycles. The van der Waals surface area contributed by atoms with E-state index >= 15 is 0 Å². The summed E-state index contributed by atoms with van der Waals surface area (Å²) in [5, 5.41) is 3.24. The van der Waals surface area contributed by atoms with Crippen LogP contribution in [-0.4, -0.2) is 49.7 Å². The summed E-state index contributed by atoms with van der Waals surface area (Å²) in [7, 11) is 0. The minimum atomic E-state index is -0.348. The number of carbonyl (C=O) groups excluding carboxylic acids is 1. The number of hydrogen-bond acceptors (Lipinski definition) is 3. The van der Waals surface area contributed by atoms with Crippen LogP contribution in [0.15, 0.2) is 36.5 Å². The van der Waals surface area contributed by atoms with Gasteiger partial charge >= 0.3 is 0 Å². The molecule has 2 heterocycles. The highest BCUT2D eigenvalue weighted by Crippen LogP contribution is 2.20. The third kappa shape index (κ3) is 3.33. The first-order valence-electron chi connectivity index (χ1n) is 6.84. The molecule has 1 atom stereocenters. The van der Waals surface area contributed by atoms with E-state index < -0.39 is 0 Å². The summed E-state index contributed by atoms with van der Waals surface area (Å²) < 4.78 is 5.62. The molecule has 0 spiro atoms. The molecule has 19 heavy (non-hydrogen) atoms. The average molecular weight is 262 g/mol. The van der Waals surface area contributed by atoms with E-state index in [4.69, 9.17) is 4.74 Å². The average Bonchev–Trinajstić information content (AvgIpc) is 2.74. The van der Waals surface area contributed by atoms with Crippen LogP contribution in [0.3, 0.4) is 0 Å².